The average molecular weight is 533 g/mol. The number of fused-ring (bicyclic) bond motifs is 4. The van der Waals surface area contributed by atoms with Gasteiger partial charge < -0.3 is 0 Å². The number of hydrogen-bond donors (Lipinski definition) is 0. The number of aromatic nitrogens is 1. The summed E-state index contributed by atoms with van der Waals surface area (Å²) < 4.78 is 0. The van der Waals surface area contributed by atoms with Crippen molar-refractivity contribution in [2.24, 2.45) is 0 Å². The zero-order valence-electron chi connectivity index (χ0n) is 22.8. The van der Waals surface area contributed by atoms with E-state index in [-0.39, 0.29) is 0 Å². The molecule has 0 unspecified atom stereocenters. The van der Waals surface area contributed by atoms with Gasteiger partial charge in [-0.1, -0.05) is 127 Å². The van der Waals surface area contributed by atoms with E-state index in [0.717, 1.165) is 16.5 Å². The lowest BCUT2D eigenvalue weighted by Crippen LogP contribution is -1.93. The summed E-state index contributed by atoms with van der Waals surface area (Å²) in [5.41, 5.74) is 7.51. The second kappa shape index (κ2) is 9.70. The molecule has 8 rings (SSSR count). The fraction of sp³-hybridized carbons (Fsp3) is 0. The second-order valence-corrected chi connectivity index (χ2v) is 10.6. The Morgan fingerprint density at radius 3 is 1.50 bits per heavy atom. The van der Waals surface area contributed by atoms with Crippen LogP contribution in [0.1, 0.15) is 5.56 Å². The molecule has 0 aliphatic rings. The van der Waals surface area contributed by atoms with Gasteiger partial charge >= 0.3 is 0 Å². The minimum atomic E-state index is 0.557. The molecule has 0 saturated carbocycles. The van der Waals surface area contributed by atoms with Crippen LogP contribution in [0.25, 0.3) is 76.5 Å². The van der Waals surface area contributed by atoms with E-state index in [1.54, 1.807) is 6.20 Å². The summed E-state index contributed by atoms with van der Waals surface area (Å²) in [6, 6.07) is 50.0. The largest absolute Gasteiger partial charge is 0.263 e. The van der Waals surface area contributed by atoms with E-state index < -0.39 is 0 Å². The summed E-state index contributed by atoms with van der Waals surface area (Å²) in [5, 5.41) is 19.2. The van der Waals surface area contributed by atoms with Gasteiger partial charge in [0.25, 0.3) is 0 Å². The normalized spacial score (nSPS) is 11.3. The van der Waals surface area contributed by atoms with Crippen molar-refractivity contribution in [3.05, 3.63) is 151 Å². The quantitative estimate of drug-likeness (QED) is 0.212. The SMILES string of the molecule is N#Cc1cncc(-c2cccc3c(-c4c5ccccc5c(-c5cccc6ccccc56)c5ccccc45)cccc23)c1. The van der Waals surface area contributed by atoms with Gasteiger partial charge in [0.1, 0.15) is 6.07 Å². The van der Waals surface area contributed by atoms with E-state index in [0.29, 0.717) is 5.56 Å². The zero-order valence-corrected chi connectivity index (χ0v) is 22.8. The minimum absolute atomic E-state index is 0.557. The fourth-order valence-corrected chi connectivity index (χ4v) is 6.58. The molecule has 0 radical (unpaired) electrons. The van der Waals surface area contributed by atoms with Gasteiger partial charge in [0.15, 0.2) is 0 Å². The monoisotopic (exact) mass is 532 g/mol. The van der Waals surface area contributed by atoms with Crippen LogP contribution in [0.5, 0.6) is 0 Å². The topological polar surface area (TPSA) is 36.7 Å². The molecule has 8 aromatic rings. The molecule has 0 fully saturated rings. The van der Waals surface area contributed by atoms with Gasteiger partial charge in [-0.25, -0.2) is 0 Å². The highest BCUT2D eigenvalue weighted by Crippen LogP contribution is 2.47. The molecular formula is C40H24N2. The van der Waals surface area contributed by atoms with Crippen LogP contribution in [0, 0.1) is 11.3 Å². The predicted molar refractivity (Wildman–Crippen MR) is 175 cm³/mol. The van der Waals surface area contributed by atoms with E-state index >= 15 is 0 Å². The molecule has 0 bridgehead atoms. The summed E-state index contributed by atoms with van der Waals surface area (Å²) in [6.45, 7) is 0. The van der Waals surface area contributed by atoms with Crippen molar-refractivity contribution in [1.29, 1.82) is 5.26 Å². The molecule has 2 heteroatoms. The van der Waals surface area contributed by atoms with Crippen molar-refractivity contribution in [1.82, 2.24) is 4.98 Å². The number of rotatable bonds is 3. The van der Waals surface area contributed by atoms with Crippen LogP contribution in [-0.2, 0) is 0 Å². The molecule has 0 atom stereocenters. The first-order valence-corrected chi connectivity index (χ1v) is 14.1. The molecule has 0 aliphatic carbocycles. The first-order chi connectivity index (χ1) is 20.8. The maximum Gasteiger partial charge on any atom is 0.101 e. The van der Waals surface area contributed by atoms with Crippen molar-refractivity contribution in [3.63, 3.8) is 0 Å². The van der Waals surface area contributed by atoms with Crippen LogP contribution < -0.4 is 0 Å². The highest BCUT2D eigenvalue weighted by Gasteiger charge is 2.19. The van der Waals surface area contributed by atoms with Gasteiger partial charge in [0.05, 0.1) is 5.56 Å². The molecule has 0 saturated heterocycles. The van der Waals surface area contributed by atoms with Crippen molar-refractivity contribution in [2.75, 3.05) is 0 Å². The molecule has 1 heterocycles. The van der Waals surface area contributed by atoms with Crippen LogP contribution in [0.15, 0.2) is 146 Å². The van der Waals surface area contributed by atoms with E-state index in [1.165, 1.54) is 60.0 Å². The van der Waals surface area contributed by atoms with E-state index in [2.05, 4.69) is 138 Å². The maximum absolute atomic E-state index is 9.49. The van der Waals surface area contributed by atoms with Crippen LogP contribution in [-0.4, -0.2) is 4.98 Å². The Labute approximate surface area is 243 Å². The van der Waals surface area contributed by atoms with Gasteiger partial charge in [0.2, 0.25) is 0 Å². The Balaban J connectivity index is 1.49. The summed E-state index contributed by atoms with van der Waals surface area (Å²) >= 11 is 0. The standard InChI is InChI=1S/C40H24N2/c41-23-26-22-28(25-42-24-26)30-17-8-19-32-31(30)18-9-21-34(32)40-37-15-5-3-13-35(37)39(36-14-4-6-16-38(36)40)33-20-7-11-27-10-1-2-12-29(27)33/h1-22,24-25H. The zero-order chi connectivity index (χ0) is 28.0. The highest BCUT2D eigenvalue weighted by molar-refractivity contribution is 6.25. The number of benzene rings is 7. The third-order valence-electron chi connectivity index (χ3n) is 8.36. The number of pyridine rings is 1. The smallest absolute Gasteiger partial charge is 0.101 e. The highest BCUT2D eigenvalue weighted by atomic mass is 14.6. The molecule has 0 amide bonds. The third kappa shape index (κ3) is 3.69. The number of hydrogen-bond acceptors (Lipinski definition) is 2. The second-order valence-electron chi connectivity index (χ2n) is 10.6. The lowest BCUT2D eigenvalue weighted by molar-refractivity contribution is 1.30. The van der Waals surface area contributed by atoms with Crippen LogP contribution >= 0.6 is 0 Å². The summed E-state index contributed by atoms with van der Waals surface area (Å²) in [4.78, 5) is 4.34. The molecule has 0 spiro atoms. The minimum Gasteiger partial charge on any atom is -0.263 e. The van der Waals surface area contributed by atoms with Crippen molar-refractivity contribution in [3.8, 4) is 39.4 Å². The Morgan fingerprint density at radius 1 is 0.429 bits per heavy atom. The first kappa shape index (κ1) is 24.1. The van der Waals surface area contributed by atoms with E-state index in [4.69, 9.17) is 0 Å². The predicted octanol–water partition coefficient (Wildman–Crippen LogP) is 10.6. The average Bonchev–Trinajstić information content (AvgIpc) is 3.06. The molecule has 0 N–H and O–H groups in total. The van der Waals surface area contributed by atoms with Crippen LogP contribution in [0.3, 0.4) is 0 Å². The lowest BCUT2D eigenvalue weighted by atomic mass is 9.83. The van der Waals surface area contributed by atoms with Gasteiger partial charge in [-0.2, -0.15) is 5.26 Å². The van der Waals surface area contributed by atoms with Crippen molar-refractivity contribution < 1.29 is 0 Å². The van der Waals surface area contributed by atoms with Gasteiger partial charge in [-0.05, 0) is 77.0 Å². The van der Waals surface area contributed by atoms with E-state index in [9.17, 15) is 5.26 Å². The van der Waals surface area contributed by atoms with Crippen molar-refractivity contribution >= 4 is 43.1 Å². The van der Waals surface area contributed by atoms with Gasteiger partial charge in [-0.15, -0.1) is 0 Å². The Bertz CT molecular complexity index is 2310. The van der Waals surface area contributed by atoms with Crippen molar-refractivity contribution in [2.45, 2.75) is 0 Å². The first-order valence-electron chi connectivity index (χ1n) is 14.1. The summed E-state index contributed by atoms with van der Waals surface area (Å²) in [5.74, 6) is 0. The lowest BCUT2D eigenvalue weighted by Gasteiger charge is -2.20. The van der Waals surface area contributed by atoms with Crippen LogP contribution in [0.4, 0.5) is 0 Å². The number of nitriles is 1. The fourth-order valence-electron chi connectivity index (χ4n) is 6.58. The summed E-state index contributed by atoms with van der Waals surface area (Å²) in [6.07, 6.45) is 3.45. The maximum atomic E-state index is 9.49. The Hall–Kier alpha value is -5.78. The molecule has 0 aliphatic heterocycles. The third-order valence-corrected chi connectivity index (χ3v) is 8.36. The van der Waals surface area contributed by atoms with Gasteiger partial charge in [-0.3, -0.25) is 4.98 Å². The molecule has 7 aromatic carbocycles. The molecule has 1 aromatic heterocycles. The Morgan fingerprint density at radius 2 is 0.881 bits per heavy atom. The molecule has 194 valence electrons. The van der Waals surface area contributed by atoms with E-state index in [1.807, 2.05) is 12.3 Å². The van der Waals surface area contributed by atoms with Gasteiger partial charge in [0, 0.05) is 18.0 Å². The molecule has 2 nitrogen and oxygen atoms in total. The molecular weight excluding hydrogens is 508 g/mol. The summed E-state index contributed by atoms with van der Waals surface area (Å²) in [7, 11) is 0. The number of nitrogens with zero attached hydrogens (tertiary/aromatic N) is 2. The molecule has 42 heavy (non-hydrogen) atoms. The Kier molecular flexibility index (Phi) is 5.55. The van der Waals surface area contributed by atoms with Crippen LogP contribution in [0.2, 0.25) is 0 Å².